The van der Waals surface area contributed by atoms with Crippen LogP contribution in [-0.2, 0) is 4.79 Å². The molecule has 1 rings (SSSR count). The minimum absolute atomic E-state index is 0. The van der Waals surface area contributed by atoms with Gasteiger partial charge in [-0.1, -0.05) is 6.92 Å². The van der Waals surface area contributed by atoms with E-state index in [0.717, 1.165) is 11.4 Å². The first-order valence-corrected chi connectivity index (χ1v) is 5.99. The van der Waals surface area contributed by atoms with Crippen molar-refractivity contribution >= 4 is 42.1 Å². The van der Waals surface area contributed by atoms with Crippen molar-refractivity contribution in [2.75, 3.05) is 13.6 Å². The topological polar surface area (TPSA) is 54.0 Å². The van der Waals surface area contributed by atoms with Gasteiger partial charge in [-0.05, 0) is 13.5 Å². The highest BCUT2D eigenvalue weighted by atomic mass is 35.5. The lowest BCUT2D eigenvalue weighted by atomic mass is 10.2. The van der Waals surface area contributed by atoms with E-state index in [9.17, 15) is 4.79 Å². The van der Waals surface area contributed by atoms with Crippen molar-refractivity contribution in [2.24, 2.45) is 0 Å². The number of carbonyl (C=O) groups is 1. The first-order valence-electron chi connectivity index (χ1n) is 5.11. The molecule has 17 heavy (non-hydrogen) atoms. The lowest BCUT2D eigenvalue weighted by Crippen LogP contribution is -2.30. The maximum absolute atomic E-state index is 11.5. The highest BCUT2D eigenvalue weighted by Gasteiger charge is 2.13. The highest BCUT2D eigenvalue weighted by molar-refractivity contribution is 7.09. The molecule has 0 saturated carbocycles. The largest absolute Gasteiger partial charge is 0.347 e. The van der Waals surface area contributed by atoms with Crippen LogP contribution in [0.5, 0.6) is 0 Å². The molecule has 2 N–H and O–H groups in total. The quantitative estimate of drug-likeness (QED) is 0.846. The fourth-order valence-corrected chi connectivity index (χ4v) is 2.02. The molecule has 0 aliphatic rings. The number of rotatable bonds is 6. The zero-order valence-electron chi connectivity index (χ0n) is 9.93. The average Bonchev–Trinajstić information content (AvgIpc) is 2.76. The van der Waals surface area contributed by atoms with Crippen molar-refractivity contribution in [1.29, 1.82) is 0 Å². The Hall–Kier alpha value is -0.360. The van der Waals surface area contributed by atoms with E-state index >= 15 is 0 Å². The van der Waals surface area contributed by atoms with Gasteiger partial charge in [-0.15, -0.1) is 36.2 Å². The van der Waals surface area contributed by atoms with Crippen LogP contribution in [0.4, 0.5) is 0 Å². The van der Waals surface area contributed by atoms with E-state index in [0.29, 0.717) is 13.0 Å². The van der Waals surface area contributed by atoms with Crippen LogP contribution in [0.15, 0.2) is 11.6 Å². The molecule has 4 nitrogen and oxygen atoms in total. The number of aromatic nitrogens is 1. The predicted molar refractivity (Wildman–Crippen MR) is 76.3 cm³/mol. The van der Waals surface area contributed by atoms with Crippen molar-refractivity contribution in [3.63, 3.8) is 0 Å². The standard InChI is InChI=1S/C10H17N3OS.2ClH/c1-3-8(10-12-6-7-15-10)13-9(14)4-5-11-2;;/h6-8,11H,3-5H2,1-2H3,(H,13,14);2*1H. The molecule has 7 heteroatoms. The summed E-state index contributed by atoms with van der Waals surface area (Å²) in [6, 6.07) is 0.0642. The van der Waals surface area contributed by atoms with Crippen LogP contribution in [0, 0.1) is 0 Å². The second kappa shape index (κ2) is 10.8. The number of nitrogens with zero attached hydrogens (tertiary/aromatic N) is 1. The maximum Gasteiger partial charge on any atom is 0.221 e. The summed E-state index contributed by atoms with van der Waals surface area (Å²) < 4.78 is 0. The smallest absolute Gasteiger partial charge is 0.221 e. The Labute approximate surface area is 118 Å². The van der Waals surface area contributed by atoms with Gasteiger partial charge in [-0.2, -0.15) is 0 Å². The van der Waals surface area contributed by atoms with Gasteiger partial charge >= 0.3 is 0 Å². The normalized spacial score (nSPS) is 10.9. The number of thiazole rings is 1. The number of carbonyl (C=O) groups excluding carboxylic acids is 1. The van der Waals surface area contributed by atoms with Gasteiger partial charge in [-0.3, -0.25) is 4.79 Å². The van der Waals surface area contributed by atoms with Crippen molar-refractivity contribution < 1.29 is 4.79 Å². The first kappa shape index (κ1) is 19.0. The number of amides is 1. The zero-order chi connectivity index (χ0) is 11.1. The highest BCUT2D eigenvalue weighted by Crippen LogP contribution is 2.18. The summed E-state index contributed by atoms with van der Waals surface area (Å²) in [5.41, 5.74) is 0. The summed E-state index contributed by atoms with van der Waals surface area (Å²) in [5.74, 6) is 0.0754. The number of nitrogens with one attached hydrogen (secondary N) is 2. The second-order valence-corrected chi connectivity index (χ2v) is 4.18. The van der Waals surface area contributed by atoms with E-state index in [1.165, 1.54) is 0 Å². The molecular formula is C10H19Cl2N3OS. The summed E-state index contributed by atoms with van der Waals surface area (Å²) >= 11 is 1.58. The molecule has 0 spiro atoms. The molecule has 1 aromatic rings. The van der Waals surface area contributed by atoms with E-state index in [-0.39, 0.29) is 36.8 Å². The van der Waals surface area contributed by atoms with Gasteiger partial charge in [0.25, 0.3) is 0 Å². The van der Waals surface area contributed by atoms with Crippen LogP contribution < -0.4 is 10.6 Å². The third-order valence-electron chi connectivity index (χ3n) is 2.10. The van der Waals surface area contributed by atoms with Crippen LogP contribution in [0.3, 0.4) is 0 Å². The van der Waals surface area contributed by atoms with Gasteiger partial charge in [0.15, 0.2) is 0 Å². The lowest BCUT2D eigenvalue weighted by Gasteiger charge is -2.14. The molecule has 0 saturated heterocycles. The van der Waals surface area contributed by atoms with Crippen LogP contribution in [-0.4, -0.2) is 24.5 Å². The van der Waals surface area contributed by atoms with E-state index in [1.54, 1.807) is 17.5 Å². The van der Waals surface area contributed by atoms with Gasteiger partial charge < -0.3 is 10.6 Å². The Balaban J connectivity index is 0. The number of halogens is 2. The van der Waals surface area contributed by atoms with Crippen molar-refractivity contribution in [2.45, 2.75) is 25.8 Å². The molecule has 0 bridgehead atoms. The predicted octanol–water partition coefficient (Wildman–Crippen LogP) is 2.16. The minimum atomic E-state index is 0. The molecule has 1 atom stereocenters. The van der Waals surface area contributed by atoms with Crippen molar-refractivity contribution in [1.82, 2.24) is 15.6 Å². The molecular weight excluding hydrogens is 281 g/mol. The SMILES string of the molecule is CCC(NC(=O)CCNC)c1nccs1.Cl.Cl. The van der Waals surface area contributed by atoms with Gasteiger partial charge in [0.05, 0.1) is 6.04 Å². The molecule has 1 amide bonds. The number of hydrogen-bond donors (Lipinski definition) is 2. The van der Waals surface area contributed by atoms with E-state index in [4.69, 9.17) is 0 Å². The van der Waals surface area contributed by atoms with Crippen molar-refractivity contribution in [3.8, 4) is 0 Å². The summed E-state index contributed by atoms with van der Waals surface area (Å²) in [5, 5.41) is 8.83. The fraction of sp³-hybridized carbons (Fsp3) is 0.600. The third-order valence-corrected chi connectivity index (χ3v) is 2.98. The molecule has 0 fully saturated rings. The van der Waals surface area contributed by atoms with Crippen LogP contribution >= 0.6 is 36.2 Å². The summed E-state index contributed by atoms with van der Waals surface area (Å²) in [6.07, 6.45) is 3.15. The summed E-state index contributed by atoms with van der Waals surface area (Å²) in [7, 11) is 1.84. The third kappa shape index (κ3) is 6.83. The zero-order valence-corrected chi connectivity index (χ0v) is 12.4. The van der Waals surface area contributed by atoms with Crippen LogP contribution in [0.25, 0.3) is 0 Å². The second-order valence-electron chi connectivity index (χ2n) is 3.25. The van der Waals surface area contributed by atoms with E-state index < -0.39 is 0 Å². The van der Waals surface area contributed by atoms with Gasteiger partial charge in [0.2, 0.25) is 5.91 Å². The molecule has 0 aliphatic carbocycles. The average molecular weight is 300 g/mol. The minimum Gasteiger partial charge on any atom is -0.347 e. The van der Waals surface area contributed by atoms with Gasteiger partial charge in [0, 0.05) is 24.5 Å². The summed E-state index contributed by atoms with van der Waals surface area (Å²) in [4.78, 5) is 15.7. The molecule has 1 unspecified atom stereocenters. The van der Waals surface area contributed by atoms with Crippen molar-refractivity contribution in [3.05, 3.63) is 16.6 Å². The fourth-order valence-electron chi connectivity index (χ4n) is 1.25. The first-order chi connectivity index (χ1) is 7.27. The molecule has 1 heterocycles. The molecule has 1 aromatic heterocycles. The monoisotopic (exact) mass is 299 g/mol. The van der Waals surface area contributed by atoms with Gasteiger partial charge in [0.1, 0.15) is 5.01 Å². The Morgan fingerprint density at radius 1 is 1.53 bits per heavy atom. The lowest BCUT2D eigenvalue weighted by molar-refractivity contribution is -0.121. The summed E-state index contributed by atoms with van der Waals surface area (Å²) in [6.45, 7) is 2.75. The Bertz CT molecular complexity index is 296. The van der Waals surface area contributed by atoms with E-state index in [2.05, 4.69) is 15.6 Å². The van der Waals surface area contributed by atoms with E-state index in [1.807, 2.05) is 19.4 Å². The molecule has 0 aromatic carbocycles. The molecule has 0 aliphatic heterocycles. The van der Waals surface area contributed by atoms with Crippen LogP contribution in [0.2, 0.25) is 0 Å². The molecule has 0 radical (unpaired) electrons. The Kier molecular flexibility index (Phi) is 12.0. The van der Waals surface area contributed by atoms with Gasteiger partial charge in [-0.25, -0.2) is 4.98 Å². The number of hydrogen-bond acceptors (Lipinski definition) is 4. The Morgan fingerprint density at radius 2 is 2.24 bits per heavy atom. The van der Waals surface area contributed by atoms with Crippen LogP contribution in [0.1, 0.15) is 30.8 Å². The maximum atomic E-state index is 11.5. The Morgan fingerprint density at radius 3 is 2.71 bits per heavy atom. The molecule has 100 valence electrons.